The van der Waals surface area contributed by atoms with Crippen LogP contribution in [0.1, 0.15) is 36.5 Å². The Morgan fingerprint density at radius 1 is 1.20 bits per heavy atom. The van der Waals surface area contributed by atoms with Crippen LogP contribution in [0.15, 0.2) is 42.5 Å². The average molecular weight is 501 g/mol. The number of nitrogens with one attached hydrogen (secondary N) is 1. The molecule has 0 saturated carbocycles. The van der Waals surface area contributed by atoms with E-state index in [-0.39, 0.29) is 25.0 Å². The molecule has 0 radical (unpaired) electrons. The lowest BCUT2D eigenvalue weighted by molar-refractivity contribution is -0.145. The molecule has 3 rings (SSSR count). The lowest BCUT2D eigenvalue weighted by atomic mass is 9.78. The highest BCUT2D eigenvalue weighted by Gasteiger charge is 2.43. The molecule has 2 aromatic carbocycles. The first-order chi connectivity index (χ1) is 16.8. The maximum Gasteiger partial charge on any atom is 0.238 e. The Hall–Kier alpha value is -2.94. The van der Waals surface area contributed by atoms with Crippen molar-refractivity contribution in [1.29, 1.82) is 0 Å². The van der Waals surface area contributed by atoms with Crippen molar-refractivity contribution >= 4 is 35.5 Å². The fraction of sp³-hybridized carbons (Fsp3) is 0.423. The second-order valence-electron chi connectivity index (χ2n) is 8.80. The number of piperidine rings is 1. The van der Waals surface area contributed by atoms with E-state index in [2.05, 4.69) is 12.2 Å². The van der Waals surface area contributed by atoms with Crippen LogP contribution in [-0.4, -0.2) is 49.4 Å². The number of nitrogens with zero attached hydrogens (tertiary/aromatic N) is 2. The summed E-state index contributed by atoms with van der Waals surface area (Å²) in [6, 6.07) is 13.1. The molecular weight excluding hydrogens is 468 g/mol. The van der Waals surface area contributed by atoms with E-state index in [1.807, 2.05) is 49.4 Å². The number of anilines is 1. The molecule has 3 N–H and O–H groups in total. The molecule has 0 bridgehead atoms. The number of hydrogen-bond donors (Lipinski definition) is 2. The van der Waals surface area contributed by atoms with Gasteiger partial charge in [0.15, 0.2) is 0 Å². The summed E-state index contributed by atoms with van der Waals surface area (Å²) in [5.74, 6) is -0.344. The summed E-state index contributed by atoms with van der Waals surface area (Å²) in [7, 11) is 0. The van der Waals surface area contributed by atoms with Crippen molar-refractivity contribution in [3.63, 3.8) is 0 Å². The van der Waals surface area contributed by atoms with E-state index >= 15 is 0 Å². The molecule has 0 aromatic heterocycles. The van der Waals surface area contributed by atoms with Gasteiger partial charge in [-0.15, -0.1) is 0 Å². The van der Waals surface area contributed by atoms with Gasteiger partial charge in [0.1, 0.15) is 0 Å². The second kappa shape index (κ2) is 12.2. The summed E-state index contributed by atoms with van der Waals surface area (Å²) in [5.41, 5.74) is 8.16. The fourth-order valence-electron chi connectivity index (χ4n) is 4.19. The molecule has 0 spiro atoms. The van der Waals surface area contributed by atoms with Gasteiger partial charge in [0.2, 0.25) is 18.2 Å². The van der Waals surface area contributed by atoms with Crippen LogP contribution in [0.5, 0.6) is 0 Å². The topological polar surface area (TPSA) is 105 Å². The Morgan fingerprint density at radius 3 is 2.49 bits per heavy atom. The van der Waals surface area contributed by atoms with Crippen molar-refractivity contribution in [2.45, 2.75) is 39.7 Å². The second-order valence-corrected chi connectivity index (χ2v) is 9.20. The zero-order valence-corrected chi connectivity index (χ0v) is 21.0. The van der Waals surface area contributed by atoms with E-state index in [0.29, 0.717) is 49.6 Å². The van der Waals surface area contributed by atoms with Gasteiger partial charge in [0.05, 0.1) is 24.3 Å². The van der Waals surface area contributed by atoms with Crippen molar-refractivity contribution < 1.29 is 19.2 Å². The van der Waals surface area contributed by atoms with E-state index < -0.39 is 5.41 Å². The third-order valence-electron chi connectivity index (χ3n) is 6.72. The molecule has 188 valence electrons. The number of hydrogen-bond acceptors (Lipinski definition) is 5. The van der Waals surface area contributed by atoms with Gasteiger partial charge in [-0.1, -0.05) is 42.8 Å². The van der Waals surface area contributed by atoms with Gasteiger partial charge in [-0.25, -0.2) is 0 Å². The Morgan fingerprint density at radius 2 is 1.89 bits per heavy atom. The summed E-state index contributed by atoms with van der Waals surface area (Å²) in [6.45, 7) is 4.96. The van der Waals surface area contributed by atoms with Crippen LogP contribution in [0.25, 0.3) is 0 Å². The molecule has 1 aliphatic heterocycles. The first kappa shape index (κ1) is 26.7. The average Bonchev–Trinajstić information content (AvgIpc) is 2.89. The number of benzene rings is 2. The van der Waals surface area contributed by atoms with Crippen LogP contribution in [0, 0.1) is 12.3 Å². The third kappa shape index (κ3) is 6.39. The van der Waals surface area contributed by atoms with Gasteiger partial charge in [-0.2, -0.15) is 5.06 Å². The molecule has 0 aliphatic carbocycles. The number of aryl methyl sites for hydroxylation is 1. The van der Waals surface area contributed by atoms with Gasteiger partial charge in [0, 0.05) is 24.7 Å². The van der Waals surface area contributed by atoms with Crippen LogP contribution in [0.4, 0.5) is 5.69 Å². The van der Waals surface area contributed by atoms with Crippen LogP contribution in [0.2, 0.25) is 5.02 Å². The number of hydroxylamine groups is 1. The largest absolute Gasteiger partial charge is 0.351 e. The highest BCUT2D eigenvalue weighted by Crippen LogP contribution is 2.33. The molecule has 1 aliphatic rings. The molecule has 1 heterocycles. The van der Waals surface area contributed by atoms with Crippen LogP contribution < -0.4 is 16.1 Å². The molecular formula is C26H33ClN4O4. The molecule has 2 aromatic rings. The molecule has 1 saturated heterocycles. The number of likely N-dealkylation sites (tertiary alicyclic amines) is 1. The zero-order chi connectivity index (χ0) is 25.4. The first-order valence-electron chi connectivity index (χ1n) is 11.8. The molecule has 35 heavy (non-hydrogen) atoms. The van der Waals surface area contributed by atoms with E-state index in [0.717, 1.165) is 28.2 Å². The molecule has 0 unspecified atom stereocenters. The predicted molar refractivity (Wildman–Crippen MR) is 136 cm³/mol. The summed E-state index contributed by atoms with van der Waals surface area (Å²) >= 11 is 6.22. The number of halogens is 1. The number of carbonyl (C=O) groups excluding carboxylic acids is 3. The summed E-state index contributed by atoms with van der Waals surface area (Å²) in [4.78, 5) is 44.9. The highest BCUT2D eigenvalue weighted by molar-refractivity contribution is 6.31. The van der Waals surface area contributed by atoms with E-state index in [9.17, 15) is 14.4 Å². The molecule has 9 heteroatoms. The number of nitrogens with two attached hydrogens (primary N) is 1. The van der Waals surface area contributed by atoms with Crippen LogP contribution >= 0.6 is 11.6 Å². The quantitative estimate of drug-likeness (QED) is 0.385. The molecule has 3 amide bonds. The number of carbonyl (C=O) groups is 3. The molecule has 1 fully saturated rings. The minimum Gasteiger partial charge on any atom is -0.351 e. The van der Waals surface area contributed by atoms with Crippen LogP contribution in [-0.2, 0) is 32.2 Å². The third-order valence-corrected chi connectivity index (χ3v) is 7.13. The van der Waals surface area contributed by atoms with Gasteiger partial charge in [-0.3, -0.25) is 19.2 Å². The van der Waals surface area contributed by atoms with E-state index in [4.69, 9.17) is 22.2 Å². The summed E-state index contributed by atoms with van der Waals surface area (Å²) < 4.78 is 0. The SMILES string of the molecule is CCc1ccc(N(C=O)OCC2(C(=O)NCc3cccc(Cl)c3C)CCN(C(=O)CN)CC2)cc1. The summed E-state index contributed by atoms with van der Waals surface area (Å²) in [5, 5.41) is 4.80. The van der Waals surface area contributed by atoms with Crippen molar-refractivity contribution in [3.05, 3.63) is 64.2 Å². The minimum atomic E-state index is -0.914. The standard InChI is InChI=1S/C26H33ClN4O4/c1-3-20-7-9-22(10-8-20)31(18-32)35-17-26(11-13-30(14-12-26)24(33)15-28)25(34)29-16-21-5-4-6-23(27)19(21)2/h4-10,18H,3,11-17,28H2,1-2H3,(H,29,34). The van der Waals surface area contributed by atoms with Crippen molar-refractivity contribution in [2.24, 2.45) is 11.1 Å². The van der Waals surface area contributed by atoms with Gasteiger partial charge < -0.3 is 16.0 Å². The monoisotopic (exact) mass is 500 g/mol. The Labute approximate surface area is 211 Å². The molecule has 8 nitrogen and oxygen atoms in total. The van der Waals surface area contributed by atoms with Crippen molar-refractivity contribution in [2.75, 3.05) is 31.3 Å². The maximum absolute atomic E-state index is 13.5. The van der Waals surface area contributed by atoms with Gasteiger partial charge >= 0.3 is 0 Å². The van der Waals surface area contributed by atoms with Gasteiger partial charge in [-0.05, 0) is 61.1 Å². The summed E-state index contributed by atoms with van der Waals surface area (Å²) in [6.07, 6.45) is 2.26. The number of amides is 3. The van der Waals surface area contributed by atoms with E-state index in [1.54, 1.807) is 4.90 Å². The lowest BCUT2D eigenvalue weighted by Gasteiger charge is -2.40. The van der Waals surface area contributed by atoms with Crippen LogP contribution in [0.3, 0.4) is 0 Å². The van der Waals surface area contributed by atoms with Gasteiger partial charge in [0.25, 0.3) is 0 Å². The highest BCUT2D eigenvalue weighted by atomic mass is 35.5. The first-order valence-corrected chi connectivity index (χ1v) is 12.2. The Kier molecular flexibility index (Phi) is 9.26. The Bertz CT molecular complexity index is 1040. The lowest BCUT2D eigenvalue weighted by Crippen LogP contribution is -2.53. The van der Waals surface area contributed by atoms with Crippen molar-refractivity contribution in [3.8, 4) is 0 Å². The predicted octanol–water partition coefficient (Wildman–Crippen LogP) is 2.99. The van der Waals surface area contributed by atoms with E-state index in [1.165, 1.54) is 0 Å². The smallest absolute Gasteiger partial charge is 0.238 e. The molecule has 0 atom stereocenters. The number of rotatable bonds is 10. The minimum absolute atomic E-state index is 0.00765. The fourth-order valence-corrected chi connectivity index (χ4v) is 4.39. The maximum atomic E-state index is 13.5. The normalized spacial score (nSPS) is 14.9. The van der Waals surface area contributed by atoms with Crippen molar-refractivity contribution in [1.82, 2.24) is 10.2 Å². The zero-order valence-electron chi connectivity index (χ0n) is 20.3. The Balaban J connectivity index is 1.75.